The molecule has 1 saturated heterocycles. The van der Waals surface area contributed by atoms with E-state index in [0.29, 0.717) is 12.0 Å². The molecule has 0 radical (unpaired) electrons. The van der Waals surface area contributed by atoms with Crippen molar-refractivity contribution in [1.29, 1.82) is 0 Å². The van der Waals surface area contributed by atoms with Crippen molar-refractivity contribution in [3.05, 3.63) is 77.6 Å². The number of ether oxygens (including phenoxy) is 1. The molecule has 1 fully saturated rings. The minimum absolute atomic E-state index is 0.229. The average molecular weight is 382 g/mol. The molecular formula is C21H17FNO3S+. The number of carbonyl (C=O) groups is 2. The molecule has 0 spiro atoms. The van der Waals surface area contributed by atoms with Crippen molar-refractivity contribution in [2.75, 3.05) is 0 Å². The summed E-state index contributed by atoms with van der Waals surface area (Å²) < 4.78 is 18.2. The summed E-state index contributed by atoms with van der Waals surface area (Å²) in [6.45, 7) is 0.290. The maximum absolute atomic E-state index is 13.7. The first-order valence-corrected chi connectivity index (χ1v) is 9.41. The van der Waals surface area contributed by atoms with Crippen LogP contribution < -0.4 is 5.32 Å². The number of fused-ring (bicyclic) bond motifs is 1. The minimum Gasteiger partial charge on any atom is -0.579 e. The number of nitrogens with one attached hydrogen (secondary N) is 1. The topological polar surface area (TPSA) is 59.0 Å². The monoisotopic (exact) mass is 382 g/mol. The summed E-state index contributed by atoms with van der Waals surface area (Å²) in [5, 5.41) is 3.71. The van der Waals surface area contributed by atoms with E-state index in [4.69, 9.17) is 0 Å². The number of rotatable bonds is 5. The number of thioether (sulfide) groups is 1. The van der Waals surface area contributed by atoms with Crippen molar-refractivity contribution >= 4 is 33.7 Å². The Hall–Kier alpha value is -2.86. The minimum atomic E-state index is -0.370. The van der Waals surface area contributed by atoms with Gasteiger partial charge in [-0.2, -0.15) is 0 Å². The van der Waals surface area contributed by atoms with Gasteiger partial charge in [-0.1, -0.05) is 42.1 Å². The molecule has 3 aromatic carbocycles. The first kappa shape index (κ1) is 17.5. The van der Waals surface area contributed by atoms with E-state index in [-0.39, 0.29) is 28.8 Å². The fourth-order valence-electron chi connectivity index (χ4n) is 3.05. The number of hydrogen-bond acceptors (Lipinski definition) is 3. The smallest absolute Gasteiger partial charge is 0.286 e. The molecule has 0 saturated carbocycles. The Kier molecular flexibility index (Phi) is 4.81. The third kappa shape index (κ3) is 3.95. The maximum Gasteiger partial charge on any atom is 0.286 e. The predicted octanol–water partition coefficient (Wildman–Crippen LogP) is 4.31. The van der Waals surface area contributed by atoms with Crippen LogP contribution in [0.15, 0.2) is 60.7 Å². The Morgan fingerprint density at radius 2 is 1.78 bits per heavy atom. The van der Waals surface area contributed by atoms with Crippen LogP contribution in [0.5, 0.6) is 5.75 Å². The Morgan fingerprint density at radius 1 is 1.00 bits per heavy atom. The van der Waals surface area contributed by atoms with Gasteiger partial charge in [-0.15, -0.1) is 0 Å². The second-order valence-electron chi connectivity index (χ2n) is 6.36. The number of halogens is 1. The fraction of sp³-hybridized carbons (Fsp3) is 0.143. The van der Waals surface area contributed by atoms with E-state index in [1.807, 2.05) is 36.4 Å². The number of carbonyl (C=O) groups excluding carboxylic acids is 2. The average Bonchev–Trinajstić information content (AvgIpc) is 2.98. The number of aromatic hydroxyl groups is 1. The summed E-state index contributed by atoms with van der Waals surface area (Å²) in [7, 11) is 0. The first-order chi connectivity index (χ1) is 13.1. The van der Waals surface area contributed by atoms with Crippen molar-refractivity contribution in [1.82, 2.24) is 5.32 Å². The zero-order valence-corrected chi connectivity index (χ0v) is 15.1. The number of imide groups is 1. The largest absolute Gasteiger partial charge is 0.579 e. The lowest BCUT2D eigenvalue weighted by Gasteiger charge is -2.08. The van der Waals surface area contributed by atoms with Crippen LogP contribution in [0, 0.1) is 5.82 Å². The van der Waals surface area contributed by atoms with E-state index in [0.717, 1.165) is 33.8 Å². The maximum atomic E-state index is 13.7. The normalized spacial score (nSPS) is 16.6. The van der Waals surface area contributed by atoms with Crippen LogP contribution in [0.4, 0.5) is 9.18 Å². The molecule has 4 rings (SSSR count). The molecule has 1 unspecified atom stereocenters. The molecule has 2 amide bonds. The molecule has 136 valence electrons. The lowest BCUT2D eigenvalue weighted by Crippen LogP contribution is -2.25. The van der Waals surface area contributed by atoms with E-state index in [9.17, 15) is 14.0 Å². The molecule has 6 heteroatoms. The summed E-state index contributed by atoms with van der Waals surface area (Å²) >= 11 is 1.04. The lowest BCUT2D eigenvalue weighted by molar-refractivity contribution is -0.118. The van der Waals surface area contributed by atoms with Crippen LogP contribution in [0.3, 0.4) is 0 Å². The van der Waals surface area contributed by atoms with Gasteiger partial charge in [0.1, 0.15) is 5.82 Å². The Morgan fingerprint density at radius 3 is 2.56 bits per heavy atom. The van der Waals surface area contributed by atoms with E-state index >= 15 is 0 Å². The van der Waals surface area contributed by atoms with Gasteiger partial charge < -0.3 is 4.74 Å². The first-order valence-electron chi connectivity index (χ1n) is 8.53. The van der Waals surface area contributed by atoms with Gasteiger partial charge >= 0.3 is 0 Å². The third-order valence-corrected chi connectivity index (χ3v) is 5.45. The highest BCUT2D eigenvalue weighted by atomic mass is 32.2. The van der Waals surface area contributed by atoms with E-state index in [1.165, 1.54) is 6.07 Å². The quantitative estimate of drug-likeness (QED) is 0.669. The molecule has 1 atom stereocenters. The summed E-state index contributed by atoms with van der Waals surface area (Å²) in [6.07, 6.45) is 0.511. The lowest BCUT2D eigenvalue weighted by atomic mass is 10.0. The second kappa shape index (κ2) is 7.40. The van der Waals surface area contributed by atoms with Gasteiger partial charge in [-0.25, -0.2) is 4.39 Å². The van der Waals surface area contributed by atoms with Crippen LogP contribution in [0.25, 0.3) is 10.8 Å². The molecule has 4 nitrogen and oxygen atoms in total. The molecule has 2 N–H and O–H groups in total. The van der Waals surface area contributed by atoms with Gasteiger partial charge in [0, 0.05) is 12.1 Å². The number of benzene rings is 3. The van der Waals surface area contributed by atoms with Gasteiger partial charge in [0.05, 0.1) is 10.8 Å². The number of amides is 2. The number of hydrogen-bond donors (Lipinski definition) is 1. The van der Waals surface area contributed by atoms with Crippen molar-refractivity contribution in [3.63, 3.8) is 0 Å². The Labute approximate surface area is 159 Å². The van der Waals surface area contributed by atoms with E-state index in [1.54, 1.807) is 18.2 Å². The zero-order chi connectivity index (χ0) is 18.8. The fourth-order valence-corrected chi connectivity index (χ4v) is 3.91. The summed E-state index contributed by atoms with van der Waals surface area (Å²) in [5.74, 6) is 0.307. The van der Waals surface area contributed by atoms with Crippen molar-refractivity contribution in [2.24, 2.45) is 0 Å². The summed E-state index contributed by atoms with van der Waals surface area (Å²) in [4.78, 5) is 23.0. The molecule has 1 heterocycles. The highest BCUT2D eigenvalue weighted by Crippen LogP contribution is 2.27. The van der Waals surface area contributed by atoms with Crippen molar-refractivity contribution in [2.45, 2.75) is 18.3 Å². The van der Waals surface area contributed by atoms with Crippen LogP contribution in [0.1, 0.15) is 11.1 Å². The zero-order valence-electron chi connectivity index (χ0n) is 14.3. The molecule has 0 aliphatic carbocycles. The third-order valence-electron chi connectivity index (χ3n) is 4.47. The summed E-state index contributed by atoms with van der Waals surface area (Å²) in [6, 6.07) is 18.4. The van der Waals surface area contributed by atoms with Gasteiger partial charge in [-0.05, 0) is 41.0 Å². The second-order valence-corrected chi connectivity index (χ2v) is 7.54. The van der Waals surface area contributed by atoms with E-state index in [2.05, 4.69) is 10.1 Å². The van der Waals surface area contributed by atoms with Crippen LogP contribution in [0.2, 0.25) is 0 Å². The summed E-state index contributed by atoms with van der Waals surface area (Å²) in [5.41, 5.74) is 1.57. The highest BCUT2D eigenvalue weighted by Gasteiger charge is 2.31. The Balaban J connectivity index is 1.48. The van der Waals surface area contributed by atoms with Crippen LogP contribution >= 0.6 is 11.8 Å². The van der Waals surface area contributed by atoms with Crippen LogP contribution in [-0.4, -0.2) is 21.1 Å². The highest BCUT2D eigenvalue weighted by molar-refractivity contribution is 8.15. The predicted molar refractivity (Wildman–Crippen MR) is 104 cm³/mol. The molecule has 27 heavy (non-hydrogen) atoms. The van der Waals surface area contributed by atoms with E-state index < -0.39 is 0 Å². The van der Waals surface area contributed by atoms with Crippen molar-refractivity contribution in [3.8, 4) is 5.75 Å². The SMILES string of the molecule is O=C1NC(=O)C(Cc2ccc3cc([OH+]Cc4ccccc4F)ccc3c2)S1. The standard InChI is InChI=1S/C21H16FNO3S/c22-18-4-2-1-3-16(18)12-26-17-8-7-14-9-13(5-6-15(14)11-17)10-19-20(24)23-21(25)27-19/h1-9,11,19H,10,12H2,(H,23,24,25)/p+1. The number of aliphatic hydroxyl groups is 1. The van der Waals surface area contributed by atoms with Crippen LogP contribution in [-0.2, 0) is 17.8 Å². The molecule has 3 aromatic rings. The van der Waals surface area contributed by atoms with Gasteiger partial charge in [0.2, 0.25) is 12.5 Å². The van der Waals surface area contributed by atoms with Crippen molar-refractivity contribution < 1.29 is 18.7 Å². The van der Waals surface area contributed by atoms with Gasteiger partial charge in [0.15, 0.2) is 0 Å². The molecule has 0 bridgehead atoms. The Bertz CT molecular complexity index is 1040. The molecule has 1 aliphatic heterocycles. The molecular weight excluding hydrogens is 365 g/mol. The van der Waals surface area contributed by atoms with Gasteiger partial charge in [-0.3, -0.25) is 14.9 Å². The molecule has 1 aliphatic rings. The van der Waals surface area contributed by atoms with Gasteiger partial charge in [0.25, 0.3) is 11.0 Å². The molecule has 0 aromatic heterocycles.